The molecule has 4 heteroatoms. The number of fused-ring (bicyclic) bond motifs is 1. The summed E-state index contributed by atoms with van der Waals surface area (Å²) < 4.78 is 7.44. The fraction of sp³-hybridized carbons (Fsp3) is 0.438. The maximum atomic E-state index is 9.41. The minimum atomic E-state index is 0.398. The number of hydrogen-bond donors (Lipinski definition) is 0. The largest absolute Gasteiger partial charge is 0.381 e. The van der Waals surface area contributed by atoms with Crippen molar-refractivity contribution in [3.05, 3.63) is 41.7 Å². The van der Waals surface area contributed by atoms with Crippen LogP contribution in [0.25, 0.3) is 5.52 Å². The van der Waals surface area contributed by atoms with Crippen molar-refractivity contribution in [3.8, 4) is 6.07 Å². The van der Waals surface area contributed by atoms with E-state index in [1.807, 2.05) is 28.8 Å². The quantitative estimate of drug-likeness (QED) is 0.859. The van der Waals surface area contributed by atoms with E-state index in [0.29, 0.717) is 6.10 Å². The number of rotatable bonds is 3. The number of pyridine rings is 1. The Morgan fingerprint density at radius 3 is 2.85 bits per heavy atom. The highest BCUT2D eigenvalue weighted by Crippen LogP contribution is 2.21. The molecule has 0 atom stereocenters. The third-order valence-corrected chi connectivity index (χ3v) is 4.14. The molecule has 20 heavy (non-hydrogen) atoms. The summed E-state index contributed by atoms with van der Waals surface area (Å²) in [6.45, 7) is 2.92. The molecule has 3 heterocycles. The van der Waals surface area contributed by atoms with Crippen LogP contribution in [-0.2, 0) is 11.3 Å². The molecule has 0 N–H and O–H groups in total. The Morgan fingerprint density at radius 1 is 1.35 bits per heavy atom. The van der Waals surface area contributed by atoms with Crippen LogP contribution in [0.1, 0.15) is 24.0 Å². The van der Waals surface area contributed by atoms with Gasteiger partial charge >= 0.3 is 0 Å². The first-order valence-electron chi connectivity index (χ1n) is 7.05. The maximum absolute atomic E-state index is 9.41. The molecular formula is C16H19N3O. The van der Waals surface area contributed by atoms with Gasteiger partial charge in [-0.3, -0.25) is 4.90 Å². The Hall–Kier alpha value is -1.83. The fourth-order valence-corrected chi connectivity index (χ4v) is 2.97. The molecule has 104 valence electrons. The van der Waals surface area contributed by atoms with Crippen LogP contribution in [0.15, 0.2) is 30.6 Å². The molecule has 1 aliphatic rings. The lowest BCUT2D eigenvalue weighted by Crippen LogP contribution is -2.36. The van der Waals surface area contributed by atoms with Gasteiger partial charge in [0.05, 0.1) is 17.2 Å². The Bertz CT molecular complexity index is 633. The number of hydrogen-bond acceptors (Lipinski definition) is 3. The Morgan fingerprint density at radius 2 is 2.15 bits per heavy atom. The number of ether oxygens (including phenoxy) is 1. The average molecular weight is 269 g/mol. The van der Waals surface area contributed by atoms with Crippen molar-refractivity contribution in [2.24, 2.45) is 0 Å². The van der Waals surface area contributed by atoms with Gasteiger partial charge in [-0.15, -0.1) is 0 Å². The second kappa shape index (κ2) is 5.66. The maximum Gasteiger partial charge on any atom is 0.102 e. The van der Waals surface area contributed by atoms with Crippen molar-refractivity contribution in [2.45, 2.75) is 25.5 Å². The molecular weight excluding hydrogens is 250 g/mol. The molecule has 0 radical (unpaired) electrons. The van der Waals surface area contributed by atoms with Crippen LogP contribution >= 0.6 is 0 Å². The molecule has 0 bridgehead atoms. The molecule has 1 fully saturated rings. The molecule has 4 nitrogen and oxygen atoms in total. The molecule has 0 saturated carbocycles. The van der Waals surface area contributed by atoms with Gasteiger partial charge in [-0.05, 0) is 25.0 Å². The van der Waals surface area contributed by atoms with E-state index in [1.54, 1.807) is 7.11 Å². The summed E-state index contributed by atoms with van der Waals surface area (Å²) >= 11 is 0. The summed E-state index contributed by atoms with van der Waals surface area (Å²) in [7, 11) is 1.79. The van der Waals surface area contributed by atoms with Gasteiger partial charge in [0.1, 0.15) is 6.07 Å². The zero-order valence-corrected chi connectivity index (χ0v) is 11.7. The van der Waals surface area contributed by atoms with E-state index < -0.39 is 0 Å². The zero-order chi connectivity index (χ0) is 13.9. The lowest BCUT2D eigenvalue weighted by atomic mass is 10.1. The van der Waals surface area contributed by atoms with Crippen LogP contribution in [0.4, 0.5) is 0 Å². The highest BCUT2D eigenvalue weighted by Gasteiger charge is 2.20. The minimum Gasteiger partial charge on any atom is -0.381 e. The van der Waals surface area contributed by atoms with E-state index in [9.17, 15) is 5.26 Å². The van der Waals surface area contributed by atoms with Crippen LogP contribution in [-0.4, -0.2) is 35.6 Å². The number of likely N-dealkylation sites (tertiary alicyclic amines) is 1. The first-order chi connectivity index (χ1) is 9.81. The fourth-order valence-electron chi connectivity index (χ4n) is 2.97. The summed E-state index contributed by atoms with van der Waals surface area (Å²) in [4.78, 5) is 2.41. The standard InChI is InChI=1S/C16H19N3O/c1-20-14-5-8-18(9-6-14)11-13-12-19-7-3-2-4-16(19)15(13)10-17/h2-4,7,12,14H,5-6,8-9,11H2,1H3. The normalized spacial score (nSPS) is 17.4. The first-order valence-corrected chi connectivity index (χ1v) is 7.05. The van der Waals surface area contributed by atoms with E-state index in [2.05, 4.69) is 17.2 Å². The van der Waals surface area contributed by atoms with Crippen molar-refractivity contribution in [1.29, 1.82) is 5.26 Å². The Balaban J connectivity index is 1.80. The van der Waals surface area contributed by atoms with Gasteiger partial charge in [0.2, 0.25) is 0 Å². The van der Waals surface area contributed by atoms with E-state index in [0.717, 1.165) is 49.1 Å². The number of nitrogens with zero attached hydrogens (tertiary/aromatic N) is 3. The van der Waals surface area contributed by atoms with E-state index in [4.69, 9.17) is 4.74 Å². The van der Waals surface area contributed by atoms with Crippen LogP contribution in [0, 0.1) is 11.3 Å². The molecule has 0 unspecified atom stereocenters. The zero-order valence-electron chi connectivity index (χ0n) is 11.7. The summed E-state index contributed by atoms with van der Waals surface area (Å²) in [6.07, 6.45) is 6.62. The van der Waals surface area contributed by atoms with Crippen LogP contribution in [0.3, 0.4) is 0 Å². The summed E-state index contributed by atoms with van der Waals surface area (Å²) in [5, 5.41) is 9.41. The smallest absolute Gasteiger partial charge is 0.102 e. The molecule has 0 amide bonds. The highest BCUT2D eigenvalue weighted by molar-refractivity contribution is 5.65. The van der Waals surface area contributed by atoms with Crippen molar-refractivity contribution in [2.75, 3.05) is 20.2 Å². The predicted octanol–water partition coefficient (Wildman–Crippen LogP) is 2.42. The van der Waals surface area contributed by atoms with Crippen LogP contribution in [0.5, 0.6) is 0 Å². The first kappa shape index (κ1) is 13.2. The summed E-state index contributed by atoms with van der Waals surface area (Å²) in [6, 6.07) is 8.32. The lowest BCUT2D eigenvalue weighted by Gasteiger charge is -2.30. The monoisotopic (exact) mass is 269 g/mol. The molecule has 1 aliphatic heterocycles. The molecule has 0 aromatic carbocycles. The number of piperidine rings is 1. The van der Waals surface area contributed by atoms with Crippen molar-refractivity contribution < 1.29 is 4.74 Å². The van der Waals surface area contributed by atoms with Gasteiger partial charge in [-0.25, -0.2) is 0 Å². The van der Waals surface area contributed by atoms with Crippen LogP contribution < -0.4 is 0 Å². The number of methoxy groups -OCH3 is 1. The van der Waals surface area contributed by atoms with E-state index in [1.165, 1.54) is 0 Å². The highest BCUT2D eigenvalue weighted by atomic mass is 16.5. The van der Waals surface area contributed by atoms with Crippen molar-refractivity contribution >= 4 is 5.52 Å². The van der Waals surface area contributed by atoms with Gasteiger partial charge in [-0.2, -0.15) is 5.26 Å². The molecule has 2 aromatic rings. The molecule has 0 spiro atoms. The molecule has 0 aliphatic carbocycles. The number of aromatic nitrogens is 1. The Labute approximate surface area is 119 Å². The van der Waals surface area contributed by atoms with Gasteiger partial charge in [0, 0.05) is 44.7 Å². The van der Waals surface area contributed by atoms with Gasteiger partial charge < -0.3 is 9.14 Å². The molecule has 1 saturated heterocycles. The van der Waals surface area contributed by atoms with E-state index in [-0.39, 0.29) is 0 Å². The Kier molecular flexibility index (Phi) is 3.72. The van der Waals surface area contributed by atoms with E-state index >= 15 is 0 Å². The topological polar surface area (TPSA) is 40.7 Å². The third-order valence-electron chi connectivity index (χ3n) is 4.14. The van der Waals surface area contributed by atoms with Crippen molar-refractivity contribution in [3.63, 3.8) is 0 Å². The second-order valence-corrected chi connectivity index (χ2v) is 5.35. The summed E-state index contributed by atoms with van der Waals surface area (Å²) in [5.41, 5.74) is 2.92. The third kappa shape index (κ3) is 2.43. The van der Waals surface area contributed by atoms with Gasteiger partial charge in [-0.1, -0.05) is 6.07 Å². The van der Waals surface area contributed by atoms with Gasteiger partial charge in [0.25, 0.3) is 0 Å². The minimum absolute atomic E-state index is 0.398. The van der Waals surface area contributed by atoms with Gasteiger partial charge in [0.15, 0.2) is 0 Å². The summed E-state index contributed by atoms with van der Waals surface area (Å²) in [5.74, 6) is 0. The number of nitriles is 1. The molecule has 3 rings (SSSR count). The second-order valence-electron chi connectivity index (χ2n) is 5.35. The SMILES string of the molecule is COC1CCN(Cc2cn3ccccc3c2C#N)CC1. The average Bonchev–Trinajstić information content (AvgIpc) is 2.85. The van der Waals surface area contributed by atoms with Crippen LogP contribution in [0.2, 0.25) is 0 Å². The molecule has 2 aromatic heterocycles. The van der Waals surface area contributed by atoms with Crippen molar-refractivity contribution in [1.82, 2.24) is 9.30 Å². The lowest BCUT2D eigenvalue weighted by molar-refractivity contribution is 0.0388. The predicted molar refractivity (Wildman–Crippen MR) is 77.4 cm³/mol.